The summed E-state index contributed by atoms with van der Waals surface area (Å²) >= 11 is 0. The number of carbonyl (C=O) groups is 3. The van der Waals surface area contributed by atoms with Gasteiger partial charge in [-0.3, -0.25) is 14.4 Å². The summed E-state index contributed by atoms with van der Waals surface area (Å²) in [6.07, 6.45) is 69.0. The fraction of sp³-hybridized carbons (Fsp3) is 0.889. The lowest BCUT2D eigenvalue weighted by molar-refractivity contribution is -0.167. The van der Waals surface area contributed by atoms with E-state index in [4.69, 9.17) is 14.2 Å². The first-order valence-electron chi connectivity index (χ1n) is 30.8. The Morgan fingerprint density at radius 3 is 0.841 bits per heavy atom. The molecule has 0 amide bonds. The number of unbranched alkanes of at least 4 members (excludes halogenated alkanes) is 42. The summed E-state index contributed by atoms with van der Waals surface area (Å²) in [6.45, 7) is 6.65. The molecule has 406 valence electrons. The van der Waals surface area contributed by atoms with Crippen LogP contribution in [0.3, 0.4) is 0 Å². The molecule has 0 spiro atoms. The molecular formula is C63H118O6. The van der Waals surface area contributed by atoms with Crippen LogP contribution in [0.4, 0.5) is 0 Å². The second-order valence-electron chi connectivity index (χ2n) is 21.0. The van der Waals surface area contributed by atoms with Crippen molar-refractivity contribution in [2.75, 3.05) is 13.2 Å². The normalized spacial score (nSPS) is 12.1. The van der Waals surface area contributed by atoms with Gasteiger partial charge in [-0.05, 0) is 44.9 Å². The second kappa shape index (κ2) is 58.5. The summed E-state index contributed by atoms with van der Waals surface area (Å²) in [7, 11) is 0. The molecule has 0 saturated carbocycles. The largest absolute Gasteiger partial charge is 0.462 e. The molecule has 0 radical (unpaired) electrons. The zero-order valence-corrected chi connectivity index (χ0v) is 46.6. The maximum atomic E-state index is 12.8. The minimum Gasteiger partial charge on any atom is -0.462 e. The molecule has 6 nitrogen and oxygen atoms in total. The molecular weight excluding hydrogens is 853 g/mol. The predicted octanol–water partition coefficient (Wildman–Crippen LogP) is 20.7. The van der Waals surface area contributed by atoms with E-state index in [0.29, 0.717) is 19.3 Å². The van der Waals surface area contributed by atoms with E-state index in [9.17, 15) is 14.4 Å². The Bertz CT molecular complexity index is 1110. The monoisotopic (exact) mass is 971 g/mol. The predicted molar refractivity (Wildman–Crippen MR) is 298 cm³/mol. The molecule has 0 aliphatic carbocycles. The lowest BCUT2D eigenvalue weighted by Gasteiger charge is -2.18. The highest BCUT2D eigenvalue weighted by Crippen LogP contribution is 2.18. The zero-order chi connectivity index (χ0) is 50.0. The van der Waals surface area contributed by atoms with Crippen LogP contribution >= 0.6 is 0 Å². The fourth-order valence-electron chi connectivity index (χ4n) is 9.29. The van der Waals surface area contributed by atoms with Gasteiger partial charge in [0.1, 0.15) is 13.2 Å². The minimum atomic E-state index is -0.774. The highest BCUT2D eigenvalue weighted by Gasteiger charge is 2.19. The van der Waals surface area contributed by atoms with E-state index < -0.39 is 6.10 Å². The van der Waals surface area contributed by atoms with Crippen LogP contribution in [-0.2, 0) is 28.6 Å². The van der Waals surface area contributed by atoms with Crippen molar-refractivity contribution in [2.24, 2.45) is 0 Å². The lowest BCUT2D eigenvalue weighted by atomic mass is 10.0. The first-order chi connectivity index (χ1) is 34.0. The van der Waals surface area contributed by atoms with Gasteiger partial charge >= 0.3 is 17.9 Å². The number of carbonyl (C=O) groups excluding carboxylic acids is 3. The van der Waals surface area contributed by atoms with Gasteiger partial charge in [0.2, 0.25) is 0 Å². The van der Waals surface area contributed by atoms with Gasteiger partial charge in [-0.15, -0.1) is 0 Å². The topological polar surface area (TPSA) is 78.9 Å². The quantitative estimate of drug-likeness (QED) is 0.0261. The van der Waals surface area contributed by atoms with Crippen LogP contribution in [0.1, 0.15) is 342 Å². The van der Waals surface area contributed by atoms with Crippen molar-refractivity contribution in [1.82, 2.24) is 0 Å². The van der Waals surface area contributed by atoms with Crippen LogP contribution in [0.5, 0.6) is 0 Å². The van der Waals surface area contributed by atoms with Crippen molar-refractivity contribution in [3.8, 4) is 0 Å². The Hall–Kier alpha value is -2.11. The highest BCUT2D eigenvalue weighted by molar-refractivity contribution is 5.71. The lowest BCUT2D eigenvalue weighted by Crippen LogP contribution is -2.30. The Kier molecular flexibility index (Phi) is 56.7. The molecule has 0 aliphatic rings. The van der Waals surface area contributed by atoms with Gasteiger partial charge < -0.3 is 14.2 Å². The Balaban J connectivity index is 4.24. The zero-order valence-electron chi connectivity index (χ0n) is 46.6. The molecule has 0 saturated heterocycles. The van der Waals surface area contributed by atoms with Crippen molar-refractivity contribution in [2.45, 2.75) is 348 Å². The van der Waals surface area contributed by atoms with E-state index in [0.717, 1.165) is 83.5 Å². The van der Waals surface area contributed by atoms with Crippen molar-refractivity contribution >= 4 is 17.9 Å². The Morgan fingerprint density at radius 2 is 0.536 bits per heavy atom. The van der Waals surface area contributed by atoms with E-state index in [1.165, 1.54) is 218 Å². The van der Waals surface area contributed by atoms with Gasteiger partial charge in [0.05, 0.1) is 0 Å². The molecule has 0 N–H and O–H groups in total. The van der Waals surface area contributed by atoms with Gasteiger partial charge in [-0.1, -0.05) is 302 Å². The van der Waals surface area contributed by atoms with Gasteiger partial charge in [0.15, 0.2) is 6.10 Å². The Labute approximate surface area is 430 Å². The average molecular weight is 972 g/mol. The van der Waals surface area contributed by atoms with E-state index in [1.54, 1.807) is 0 Å². The summed E-state index contributed by atoms with van der Waals surface area (Å²) < 4.78 is 16.9. The number of ether oxygens (including phenoxy) is 3. The molecule has 69 heavy (non-hydrogen) atoms. The van der Waals surface area contributed by atoms with Gasteiger partial charge in [0, 0.05) is 19.3 Å². The summed E-state index contributed by atoms with van der Waals surface area (Å²) in [5, 5.41) is 0. The Morgan fingerprint density at radius 1 is 0.290 bits per heavy atom. The molecule has 1 atom stereocenters. The van der Waals surface area contributed by atoms with Crippen molar-refractivity contribution in [1.29, 1.82) is 0 Å². The third kappa shape index (κ3) is 56.7. The smallest absolute Gasteiger partial charge is 0.306 e. The number of hydrogen-bond donors (Lipinski definition) is 0. The molecule has 0 aromatic carbocycles. The molecule has 0 aromatic heterocycles. The maximum absolute atomic E-state index is 12.8. The molecule has 0 aromatic rings. The van der Waals surface area contributed by atoms with E-state index in [2.05, 4.69) is 45.1 Å². The molecule has 0 rings (SSSR count). The van der Waals surface area contributed by atoms with Crippen molar-refractivity contribution in [3.05, 3.63) is 24.3 Å². The van der Waals surface area contributed by atoms with Crippen molar-refractivity contribution in [3.63, 3.8) is 0 Å². The number of hydrogen-bond acceptors (Lipinski definition) is 6. The van der Waals surface area contributed by atoms with Gasteiger partial charge in [0.25, 0.3) is 0 Å². The van der Waals surface area contributed by atoms with Crippen LogP contribution in [0.15, 0.2) is 24.3 Å². The van der Waals surface area contributed by atoms with Crippen molar-refractivity contribution < 1.29 is 28.6 Å². The SMILES string of the molecule is CCCC/C=C\C/C=C\CCCCCCCC(=O)OC(COC(=O)CCCCCCCCCCCCCCCC)COC(=O)CCCCCCCCCCCCCCCCCCCCCCCCC. The van der Waals surface area contributed by atoms with Crippen LogP contribution in [0, 0.1) is 0 Å². The molecule has 6 heteroatoms. The molecule has 0 aliphatic heterocycles. The first-order valence-corrected chi connectivity index (χ1v) is 30.8. The van der Waals surface area contributed by atoms with Crippen LogP contribution in [0.2, 0.25) is 0 Å². The molecule has 0 bridgehead atoms. The third-order valence-corrected chi connectivity index (χ3v) is 14.0. The van der Waals surface area contributed by atoms with Crippen LogP contribution < -0.4 is 0 Å². The summed E-state index contributed by atoms with van der Waals surface area (Å²) in [5.41, 5.74) is 0. The first kappa shape index (κ1) is 66.9. The number of rotatable bonds is 57. The molecule has 0 heterocycles. The van der Waals surface area contributed by atoms with Crippen LogP contribution in [0.25, 0.3) is 0 Å². The summed E-state index contributed by atoms with van der Waals surface area (Å²) in [6, 6.07) is 0. The number of allylic oxidation sites excluding steroid dienone is 4. The maximum Gasteiger partial charge on any atom is 0.306 e. The highest BCUT2D eigenvalue weighted by atomic mass is 16.6. The summed E-state index contributed by atoms with van der Waals surface area (Å²) in [4.78, 5) is 38.2. The van der Waals surface area contributed by atoms with E-state index >= 15 is 0 Å². The van der Waals surface area contributed by atoms with Crippen LogP contribution in [-0.4, -0.2) is 37.2 Å². The average Bonchev–Trinajstić information content (AvgIpc) is 3.35. The minimum absolute atomic E-state index is 0.0713. The number of esters is 3. The fourth-order valence-corrected chi connectivity index (χ4v) is 9.29. The summed E-state index contributed by atoms with van der Waals surface area (Å²) in [5.74, 6) is -0.861. The molecule has 1 unspecified atom stereocenters. The van der Waals surface area contributed by atoms with Gasteiger partial charge in [-0.25, -0.2) is 0 Å². The second-order valence-corrected chi connectivity index (χ2v) is 21.0. The standard InChI is InChI=1S/C63H118O6/c1-4-7-10-13-16-19-22-25-28-29-30-31-32-33-34-35-36-39-41-44-47-50-53-56-62(65)68-59-60(69-63(66)57-54-51-48-45-42-38-27-24-21-18-15-12-9-6-3)58-67-61(64)55-52-49-46-43-40-37-26-23-20-17-14-11-8-5-2/h15,18,24,27,60H,4-14,16-17,19-23,25-26,28-59H2,1-3H3/b18-15-,27-24-. The van der Waals surface area contributed by atoms with Gasteiger partial charge in [-0.2, -0.15) is 0 Å². The van der Waals surface area contributed by atoms with E-state index in [1.807, 2.05) is 0 Å². The molecule has 0 fully saturated rings. The third-order valence-electron chi connectivity index (χ3n) is 14.0. The van der Waals surface area contributed by atoms with E-state index in [-0.39, 0.29) is 31.1 Å².